The number of aryl methyl sites for hydroxylation is 3. The standard InChI is InChI=1S/C26H33N7O2S.H2/c1-15-12-22(32(3)30-15)31(2)26-29-27-14-33(26)18-9-11-21-19(13-18)23(20(34)10-6-16-4-5-16)25(36-21)28-24(35)17-7-8-17;/h12,14,16-18H,4-11,13H2,1-3H3,(H,28,35);1H/t18-;/m0./s1. The van der Waals surface area contributed by atoms with E-state index in [0.29, 0.717) is 12.3 Å². The Bertz CT molecular complexity index is 1320. The molecular weight excluding hydrogens is 474 g/mol. The summed E-state index contributed by atoms with van der Waals surface area (Å²) < 4.78 is 3.97. The molecule has 2 fully saturated rings. The van der Waals surface area contributed by atoms with Crippen molar-refractivity contribution in [2.24, 2.45) is 18.9 Å². The number of nitrogens with zero attached hydrogens (tertiary/aromatic N) is 6. The summed E-state index contributed by atoms with van der Waals surface area (Å²) in [4.78, 5) is 29.4. The van der Waals surface area contributed by atoms with Crippen molar-refractivity contribution < 1.29 is 11.0 Å². The van der Waals surface area contributed by atoms with E-state index in [1.54, 1.807) is 17.7 Å². The minimum atomic E-state index is 0. The second kappa shape index (κ2) is 9.14. The van der Waals surface area contributed by atoms with Crippen LogP contribution in [0, 0.1) is 18.8 Å². The molecule has 3 aliphatic carbocycles. The molecule has 0 bridgehead atoms. The van der Waals surface area contributed by atoms with Crippen LogP contribution in [0.5, 0.6) is 0 Å². The normalized spacial score (nSPS) is 19.2. The zero-order chi connectivity index (χ0) is 25.0. The molecule has 9 nitrogen and oxygen atoms in total. The Kier molecular flexibility index (Phi) is 5.94. The summed E-state index contributed by atoms with van der Waals surface area (Å²) in [5.74, 6) is 2.75. The number of thiophene rings is 1. The van der Waals surface area contributed by atoms with Gasteiger partial charge in [0.25, 0.3) is 0 Å². The van der Waals surface area contributed by atoms with Gasteiger partial charge in [-0.15, -0.1) is 21.5 Å². The van der Waals surface area contributed by atoms with Crippen LogP contribution in [-0.4, -0.2) is 43.3 Å². The minimum Gasteiger partial charge on any atom is -0.317 e. The monoisotopic (exact) mass is 509 g/mol. The number of carbonyl (C=O) groups excluding carboxylic acids is 2. The first-order valence-corrected chi connectivity index (χ1v) is 13.8. The van der Waals surface area contributed by atoms with Gasteiger partial charge in [0, 0.05) is 44.8 Å². The van der Waals surface area contributed by atoms with Crippen molar-refractivity contribution in [2.75, 3.05) is 17.3 Å². The van der Waals surface area contributed by atoms with E-state index in [-0.39, 0.29) is 25.1 Å². The summed E-state index contributed by atoms with van der Waals surface area (Å²) in [6.07, 6.45) is 10.2. The molecule has 0 aliphatic heterocycles. The zero-order valence-electron chi connectivity index (χ0n) is 21.2. The van der Waals surface area contributed by atoms with E-state index in [1.807, 2.05) is 36.7 Å². The molecule has 6 rings (SSSR count). The fraction of sp³-hybridized carbons (Fsp3) is 0.577. The van der Waals surface area contributed by atoms with Gasteiger partial charge < -0.3 is 5.32 Å². The number of carbonyl (C=O) groups is 2. The molecule has 0 radical (unpaired) electrons. The number of ketones is 1. The Balaban J connectivity index is 0.00000280. The molecule has 3 aromatic rings. The molecule has 3 aromatic heterocycles. The molecule has 0 aromatic carbocycles. The highest BCUT2D eigenvalue weighted by Gasteiger charge is 2.35. The number of aromatic nitrogens is 5. The zero-order valence-corrected chi connectivity index (χ0v) is 22.0. The summed E-state index contributed by atoms with van der Waals surface area (Å²) in [5.41, 5.74) is 2.82. The molecule has 1 atom stereocenters. The van der Waals surface area contributed by atoms with Crippen LogP contribution in [0.1, 0.15) is 78.9 Å². The Morgan fingerprint density at radius 1 is 1.25 bits per heavy atom. The van der Waals surface area contributed by atoms with Crippen molar-refractivity contribution in [1.29, 1.82) is 0 Å². The maximum Gasteiger partial charge on any atom is 0.232 e. The van der Waals surface area contributed by atoms with Crippen molar-refractivity contribution in [1.82, 2.24) is 24.5 Å². The highest BCUT2D eigenvalue weighted by atomic mass is 32.1. The van der Waals surface area contributed by atoms with Crippen molar-refractivity contribution in [3.05, 3.63) is 34.1 Å². The van der Waals surface area contributed by atoms with Crippen LogP contribution in [0.25, 0.3) is 0 Å². The molecule has 192 valence electrons. The number of Topliss-reactive ketones (excluding diaryl/α,β-unsaturated/α-hetero) is 1. The van der Waals surface area contributed by atoms with Gasteiger partial charge in [0.2, 0.25) is 11.9 Å². The average Bonchev–Trinajstić information content (AvgIpc) is 3.76. The molecule has 0 spiro atoms. The molecule has 0 unspecified atom stereocenters. The number of nitrogens with one attached hydrogen (secondary N) is 1. The minimum absolute atomic E-state index is 0. The second-order valence-electron chi connectivity index (χ2n) is 10.6. The Labute approximate surface area is 216 Å². The summed E-state index contributed by atoms with van der Waals surface area (Å²) in [6.45, 7) is 1.97. The molecule has 10 heteroatoms. The van der Waals surface area contributed by atoms with E-state index in [0.717, 1.165) is 72.1 Å². The molecule has 36 heavy (non-hydrogen) atoms. The third kappa shape index (κ3) is 4.47. The van der Waals surface area contributed by atoms with Crippen LogP contribution >= 0.6 is 11.3 Å². The molecule has 0 saturated heterocycles. The van der Waals surface area contributed by atoms with Gasteiger partial charge in [-0.1, -0.05) is 12.8 Å². The van der Waals surface area contributed by atoms with Crippen molar-refractivity contribution in [3.63, 3.8) is 0 Å². The van der Waals surface area contributed by atoms with Gasteiger partial charge in [0.1, 0.15) is 17.1 Å². The molecule has 1 amide bonds. The molecule has 2 saturated carbocycles. The third-order valence-electron chi connectivity index (χ3n) is 7.74. The van der Waals surface area contributed by atoms with E-state index in [2.05, 4.69) is 25.2 Å². The maximum absolute atomic E-state index is 13.5. The summed E-state index contributed by atoms with van der Waals surface area (Å²) in [5, 5.41) is 17.0. The second-order valence-corrected chi connectivity index (χ2v) is 11.7. The smallest absolute Gasteiger partial charge is 0.232 e. The highest BCUT2D eigenvalue weighted by Crippen LogP contribution is 2.44. The number of amides is 1. The first-order valence-electron chi connectivity index (χ1n) is 13.0. The van der Waals surface area contributed by atoms with Crippen LogP contribution in [0.3, 0.4) is 0 Å². The lowest BCUT2D eigenvalue weighted by Gasteiger charge is -2.27. The quantitative estimate of drug-likeness (QED) is 0.414. The van der Waals surface area contributed by atoms with Crippen molar-refractivity contribution >= 4 is 39.8 Å². The van der Waals surface area contributed by atoms with Gasteiger partial charge >= 0.3 is 0 Å². The summed E-state index contributed by atoms with van der Waals surface area (Å²) in [6, 6.07) is 2.17. The lowest BCUT2D eigenvalue weighted by atomic mass is 9.89. The van der Waals surface area contributed by atoms with Gasteiger partial charge in [-0.2, -0.15) is 5.10 Å². The lowest BCUT2D eigenvalue weighted by molar-refractivity contribution is -0.117. The number of rotatable bonds is 9. The van der Waals surface area contributed by atoms with Crippen LogP contribution in [0.2, 0.25) is 0 Å². The molecule has 3 heterocycles. The van der Waals surface area contributed by atoms with E-state index < -0.39 is 0 Å². The van der Waals surface area contributed by atoms with E-state index >= 15 is 0 Å². The third-order valence-corrected chi connectivity index (χ3v) is 8.95. The van der Waals surface area contributed by atoms with E-state index in [9.17, 15) is 9.59 Å². The maximum atomic E-state index is 13.5. The Morgan fingerprint density at radius 3 is 2.75 bits per heavy atom. The predicted octanol–water partition coefficient (Wildman–Crippen LogP) is 4.85. The SMILES string of the molecule is Cc1cc(N(C)c2nncn2[C@H]2CCc3sc(NC(=O)C4CC4)c(C(=O)CCC4CC4)c3C2)n(C)n1.[HH]. The van der Waals surface area contributed by atoms with E-state index in [4.69, 9.17) is 0 Å². The van der Waals surface area contributed by atoms with Crippen molar-refractivity contribution in [3.8, 4) is 0 Å². The fourth-order valence-electron chi connectivity index (χ4n) is 5.36. The van der Waals surface area contributed by atoms with Crippen LogP contribution in [0.15, 0.2) is 12.4 Å². The topological polar surface area (TPSA) is 97.9 Å². The molecule has 3 aliphatic rings. The first kappa shape index (κ1) is 23.4. The Hall–Kier alpha value is -3.01. The molecule has 1 N–H and O–H groups in total. The Morgan fingerprint density at radius 2 is 2.06 bits per heavy atom. The van der Waals surface area contributed by atoms with Crippen molar-refractivity contribution in [2.45, 2.75) is 70.8 Å². The number of anilines is 3. The lowest BCUT2D eigenvalue weighted by Crippen LogP contribution is -2.24. The number of hydrogen-bond acceptors (Lipinski definition) is 7. The molecular formula is C26H35N7O2S. The summed E-state index contributed by atoms with van der Waals surface area (Å²) >= 11 is 1.61. The van der Waals surface area contributed by atoms with Gasteiger partial charge in [-0.05, 0) is 56.9 Å². The fourth-order valence-corrected chi connectivity index (χ4v) is 6.63. The van der Waals surface area contributed by atoms with Crippen LogP contribution < -0.4 is 10.2 Å². The summed E-state index contributed by atoms with van der Waals surface area (Å²) in [7, 11) is 3.91. The van der Waals surface area contributed by atoms with Gasteiger partial charge in [-0.3, -0.25) is 23.7 Å². The van der Waals surface area contributed by atoms with Crippen LogP contribution in [0.4, 0.5) is 16.8 Å². The average molecular weight is 510 g/mol. The van der Waals surface area contributed by atoms with Gasteiger partial charge in [0.05, 0.1) is 11.3 Å². The van der Waals surface area contributed by atoms with Gasteiger partial charge in [0.15, 0.2) is 5.78 Å². The highest BCUT2D eigenvalue weighted by molar-refractivity contribution is 7.17. The van der Waals surface area contributed by atoms with Gasteiger partial charge in [-0.25, -0.2) is 0 Å². The van der Waals surface area contributed by atoms with Crippen LogP contribution in [-0.2, 0) is 24.7 Å². The largest absolute Gasteiger partial charge is 0.317 e. The number of fused-ring (bicyclic) bond motifs is 1. The first-order chi connectivity index (χ1) is 17.4. The van der Waals surface area contributed by atoms with E-state index in [1.165, 1.54) is 17.7 Å². The number of hydrogen-bond donors (Lipinski definition) is 1. The predicted molar refractivity (Wildman–Crippen MR) is 141 cm³/mol.